The molecule has 0 saturated carbocycles. The van der Waals surface area contributed by atoms with Crippen LogP contribution < -0.4 is 0 Å². The molecule has 24 heavy (non-hydrogen) atoms. The van der Waals surface area contributed by atoms with Crippen LogP contribution in [0.15, 0.2) is 72.8 Å². The second-order valence-corrected chi connectivity index (χ2v) is 5.69. The molecule has 4 rings (SSSR count). The summed E-state index contributed by atoms with van der Waals surface area (Å²) in [6, 6.07) is 21.4. The number of nitrogens with zero attached hydrogens (tertiary/aromatic N) is 2. The molecule has 0 aliphatic carbocycles. The topological polar surface area (TPSA) is 38.1 Å². The van der Waals surface area contributed by atoms with E-state index in [2.05, 4.69) is 4.57 Å². The van der Waals surface area contributed by atoms with Gasteiger partial charge in [0.2, 0.25) is 0 Å². The van der Waals surface area contributed by atoms with E-state index in [-0.39, 0.29) is 11.6 Å². The molecule has 3 nitrogen and oxygen atoms in total. The van der Waals surface area contributed by atoms with E-state index in [1.54, 1.807) is 18.2 Å². The number of hydrogen-bond acceptors (Lipinski definition) is 2. The van der Waals surface area contributed by atoms with E-state index in [0.29, 0.717) is 6.54 Å². The van der Waals surface area contributed by atoms with Crippen LogP contribution in [0.1, 0.15) is 5.56 Å². The smallest absolute Gasteiger partial charge is 0.141 e. The highest BCUT2D eigenvalue weighted by Gasteiger charge is 2.13. The maximum absolute atomic E-state index is 13.5. The summed E-state index contributed by atoms with van der Waals surface area (Å²) in [6.07, 6.45) is 0. The van der Waals surface area contributed by atoms with Gasteiger partial charge in [-0.3, -0.25) is 0 Å². The van der Waals surface area contributed by atoms with Gasteiger partial charge in [0.05, 0.1) is 11.0 Å². The molecule has 118 valence electrons. The van der Waals surface area contributed by atoms with Crippen molar-refractivity contribution in [2.45, 2.75) is 6.54 Å². The van der Waals surface area contributed by atoms with E-state index in [4.69, 9.17) is 4.98 Å². The zero-order valence-corrected chi connectivity index (χ0v) is 12.9. The molecular formula is C20H15FN2O. The fourth-order valence-corrected chi connectivity index (χ4v) is 2.88. The standard InChI is InChI=1S/C20H15FN2O/c21-16-5-3-4-14(12-16)13-23-19-7-2-1-6-18(19)22-20(23)15-8-10-17(24)11-9-15/h1-12,24H,13H2. The molecule has 1 aromatic heterocycles. The first-order valence-electron chi connectivity index (χ1n) is 7.70. The summed E-state index contributed by atoms with van der Waals surface area (Å²) in [4.78, 5) is 4.72. The molecule has 3 aromatic carbocycles. The molecule has 0 unspecified atom stereocenters. The van der Waals surface area contributed by atoms with Gasteiger partial charge in [0, 0.05) is 12.1 Å². The number of aromatic hydroxyl groups is 1. The molecule has 1 N–H and O–H groups in total. The third-order valence-corrected chi connectivity index (χ3v) is 4.01. The number of para-hydroxylation sites is 2. The highest BCUT2D eigenvalue weighted by Crippen LogP contribution is 2.27. The number of benzene rings is 3. The lowest BCUT2D eigenvalue weighted by Gasteiger charge is -2.10. The van der Waals surface area contributed by atoms with Gasteiger partial charge in [0.25, 0.3) is 0 Å². The molecule has 0 bridgehead atoms. The van der Waals surface area contributed by atoms with Crippen LogP contribution in [0.25, 0.3) is 22.4 Å². The van der Waals surface area contributed by atoms with Crippen LogP contribution in [0.3, 0.4) is 0 Å². The number of phenols is 1. The Kier molecular flexibility index (Phi) is 3.50. The monoisotopic (exact) mass is 318 g/mol. The summed E-state index contributed by atoms with van der Waals surface area (Å²) in [5.41, 5.74) is 3.65. The summed E-state index contributed by atoms with van der Waals surface area (Å²) in [6.45, 7) is 0.522. The predicted octanol–water partition coefficient (Wildman–Crippen LogP) is 4.60. The third kappa shape index (κ3) is 2.63. The van der Waals surface area contributed by atoms with Gasteiger partial charge in [0.15, 0.2) is 0 Å². The molecule has 1 heterocycles. The first-order chi connectivity index (χ1) is 11.7. The van der Waals surface area contributed by atoms with Crippen LogP contribution >= 0.6 is 0 Å². The normalized spacial score (nSPS) is 11.0. The number of halogens is 1. The maximum atomic E-state index is 13.5. The number of aromatic nitrogens is 2. The Bertz CT molecular complexity index is 1010. The summed E-state index contributed by atoms with van der Waals surface area (Å²) >= 11 is 0. The van der Waals surface area contributed by atoms with Gasteiger partial charge in [-0.1, -0.05) is 24.3 Å². The Morgan fingerprint density at radius 3 is 2.50 bits per heavy atom. The van der Waals surface area contributed by atoms with Gasteiger partial charge in [0.1, 0.15) is 17.4 Å². The van der Waals surface area contributed by atoms with E-state index in [1.807, 2.05) is 42.5 Å². The highest BCUT2D eigenvalue weighted by molar-refractivity contribution is 5.80. The zero-order valence-electron chi connectivity index (χ0n) is 12.9. The fourth-order valence-electron chi connectivity index (χ4n) is 2.88. The number of imidazole rings is 1. The van der Waals surface area contributed by atoms with E-state index >= 15 is 0 Å². The molecule has 0 saturated heterocycles. The lowest BCUT2D eigenvalue weighted by molar-refractivity contribution is 0.475. The minimum atomic E-state index is -0.247. The van der Waals surface area contributed by atoms with E-state index < -0.39 is 0 Å². The lowest BCUT2D eigenvalue weighted by Crippen LogP contribution is -2.02. The van der Waals surface area contributed by atoms with Crippen LogP contribution in [-0.2, 0) is 6.54 Å². The Morgan fingerprint density at radius 2 is 1.71 bits per heavy atom. The SMILES string of the molecule is Oc1ccc(-c2nc3ccccc3n2Cc2cccc(F)c2)cc1. The summed E-state index contributed by atoms with van der Waals surface area (Å²) in [5, 5.41) is 9.51. The van der Waals surface area contributed by atoms with Crippen LogP contribution in [-0.4, -0.2) is 14.7 Å². The second-order valence-electron chi connectivity index (χ2n) is 5.69. The first-order valence-corrected chi connectivity index (χ1v) is 7.70. The molecule has 4 aromatic rings. The number of phenolic OH excluding ortho intramolecular Hbond substituents is 1. The van der Waals surface area contributed by atoms with Crippen LogP contribution in [0, 0.1) is 5.82 Å². The highest BCUT2D eigenvalue weighted by atomic mass is 19.1. The van der Waals surface area contributed by atoms with Crippen molar-refractivity contribution in [2.75, 3.05) is 0 Å². The van der Waals surface area contributed by atoms with Gasteiger partial charge in [-0.2, -0.15) is 0 Å². The molecule has 0 aliphatic rings. The molecule has 0 atom stereocenters. The van der Waals surface area contributed by atoms with E-state index in [1.165, 1.54) is 12.1 Å². The summed E-state index contributed by atoms with van der Waals surface area (Å²) < 4.78 is 15.6. The minimum absolute atomic E-state index is 0.214. The van der Waals surface area contributed by atoms with E-state index in [9.17, 15) is 9.50 Å². The van der Waals surface area contributed by atoms with Crippen LogP contribution in [0.2, 0.25) is 0 Å². The van der Waals surface area contributed by atoms with Crippen molar-refractivity contribution in [1.29, 1.82) is 0 Å². The van der Waals surface area contributed by atoms with E-state index in [0.717, 1.165) is 28.0 Å². The third-order valence-electron chi connectivity index (χ3n) is 4.01. The van der Waals surface area contributed by atoms with Crippen LogP contribution in [0.4, 0.5) is 4.39 Å². The predicted molar refractivity (Wildman–Crippen MR) is 92.3 cm³/mol. The Hall–Kier alpha value is -3.14. The summed E-state index contributed by atoms with van der Waals surface area (Å²) in [5.74, 6) is 0.759. The van der Waals surface area contributed by atoms with Gasteiger partial charge in [-0.05, 0) is 54.1 Å². The van der Waals surface area contributed by atoms with Crippen molar-refractivity contribution in [3.8, 4) is 17.1 Å². The minimum Gasteiger partial charge on any atom is -0.508 e. The fraction of sp³-hybridized carbons (Fsp3) is 0.0500. The molecule has 0 radical (unpaired) electrons. The second kappa shape index (κ2) is 5.81. The van der Waals surface area contributed by atoms with Gasteiger partial charge < -0.3 is 9.67 Å². The molecule has 0 aliphatic heterocycles. The summed E-state index contributed by atoms with van der Waals surface area (Å²) in [7, 11) is 0. The zero-order chi connectivity index (χ0) is 16.5. The first kappa shape index (κ1) is 14.5. The quantitative estimate of drug-likeness (QED) is 0.599. The lowest BCUT2D eigenvalue weighted by atomic mass is 10.2. The van der Waals surface area contributed by atoms with Crippen LogP contribution in [0.5, 0.6) is 5.75 Å². The van der Waals surface area contributed by atoms with Crippen molar-refractivity contribution < 1.29 is 9.50 Å². The van der Waals surface area contributed by atoms with Crippen molar-refractivity contribution in [3.05, 3.63) is 84.2 Å². The molecule has 0 amide bonds. The Morgan fingerprint density at radius 1 is 0.917 bits per heavy atom. The largest absolute Gasteiger partial charge is 0.508 e. The van der Waals surface area contributed by atoms with Gasteiger partial charge in [-0.25, -0.2) is 9.37 Å². The van der Waals surface area contributed by atoms with Crippen molar-refractivity contribution in [2.24, 2.45) is 0 Å². The average Bonchev–Trinajstić information content (AvgIpc) is 2.94. The van der Waals surface area contributed by atoms with Gasteiger partial charge >= 0.3 is 0 Å². The number of fused-ring (bicyclic) bond motifs is 1. The Labute approximate surface area is 138 Å². The Balaban J connectivity index is 1.88. The maximum Gasteiger partial charge on any atom is 0.141 e. The average molecular weight is 318 g/mol. The van der Waals surface area contributed by atoms with Gasteiger partial charge in [-0.15, -0.1) is 0 Å². The molecule has 0 spiro atoms. The molecule has 0 fully saturated rings. The number of hydrogen-bond donors (Lipinski definition) is 1. The van der Waals surface area contributed by atoms with Crippen molar-refractivity contribution >= 4 is 11.0 Å². The van der Waals surface area contributed by atoms with Crippen molar-refractivity contribution in [3.63, 3.8) is 0 Å². The molecular weight excluding hydrogens is 303 g/mol. The van der Waals surface area contributed by atoms with Crippen molar-refractivity contribution in [1.82, 2.24) is 9.55 Å². The number of rotatable bonds is 3. The molecule has 4 heteroatoms.